The fraction of sp³-hybridized carbons (Fsp3) is 0.231. The largest absolute Gasteiger partial charge is 0.422 e. The molecule has 0 aliphatic carbocycles. The van der Waals surface area contributed by atoms with Crippen LogP contribution in [-0.4, -0.2) is 52.4 Å². The van der Waals surface area contributed by atoms with Crippen molar-refractivity contribution in [3.63, 3.8) is 0 Å². The first kappa shape index (κ1) is 21.8. The number of nitrogens with zero attached hydrogens (tertiary/aromatic N) is 4. The van der Waals surface area contributed by atoms with E-state index in [2.05, 4.69) is 14.9 Å². The highest BCUT2D eigenvalue weighted by atomic mass is 19.1. The van der Waals surface area contributed by atoms with Gasteiger partial charge >= 0.3 is 5.97 Å². The predicted octanol–water partition coefficient (Wildman–Crippen LogP) is 4.03. The number of amides is 1. The highest BCUT2D eigenvalue weighted by Crippen LogP contribution is 2.31. The summed E-state index contributed by atoms with van der Waals surface area (Å²) in [4.78, 5) is 37.7. The zero-order chi connectivity index (χ0) is 23.7. The molecule has 3 aromatic rings. The summed E-state index contributed by atoms with van der Waals surface area (Å²) in [6, 6.07) is 13.2. The first-order valence-electron chi connectivity index (χ1n) is 11.2. The number of cyclic esters (lactones) is 1. The van der Waals surface area contributed by atoms with Crippen molar-refractivity contribution in [2.45, 2.75) is 19.4 Å². The minimum absolute atomic E-state index is 0.00776. The van der Waals surface area contributed by atoms with Crippen LogP contribution in [0.1, 0.15) is 45.2 Å². The van der Waals surface area contributed by atoms with E-state index in [0.717, 1.165) is 6.42 Å². The molecule has 1 atom stereocenters. The van der Waals surface area contributed by atoms with E-state index < -0.39 is 11.8 Å². The van der Waals surface area contributed by atoms with E-state index in [4.69, 9.17) is 4.74 Å². The maximum atomic E-state index is 14.7. The number of benzene rings is 2. The average Bonchev–Trinajstić information content (AvgIpc) is 3.47. The van der Waals surface area contributed by atoms with Crippen LogP contribution in [0.25, 0.3) is 11.8 Å². The van der Waals surface area contributed by atoms with Gasteiger partial charge in [0, 0.05) is 37.6 Å². The SMILES string of the molecule is CCN(c1ncccn1)C1CCN(C(=O)c2cc(/C=C3\OC(=O)c4ccccc43)ccc2F)C1. The van der Waals surface area contributed by atoms with Gasteiger partial charge < -0.3 is 14.5 Å². The molecule has 1 unspecified atom stereocenters. The van der Waals surface area contributed by atoms with Crippen LogP contribution in [0.5, 0.6) is 0 Å². The van der Waals surface area contributed by atoms with E-state index in [1.54, 1.807) is 53.7 Å². The third-order valence-corrected chi connectivity index (χ3v) is 6.17. The maximum Gasteiger partial charge on any atom is 0.344 e. The predicted molar refractivity (Wildman–Crippen MR) is 125 cm³/mol. The molecule has 0 spiro atoms. The summed E-state index contributed by atoms with van der Waals surface area (Å²) in [6.07, 6.45) is 5.78. The lowest BCUT2D eigenvalue weighted by molar-refractivity contribution is 0.0716. The minimum atomic E-state index is -0.585. The Hall–Kier alpha value is -4.07. The van der Waals surface area contributed by atoms with Crippen molar-refractivity contribution in [3.8, 4) is 0 Å². The molecule has 7 nitrogen and oxygen atoms in total. The molecule has 1 saturated heterocycles. The Morgan fingerprint density at radius 1 is 1.18 bits per heavy atom. The summed E-state index contributed by atoms with van der Waals surface area (Å²) < 4.78 is 20.1. The quantitative estimate of drug-likeness (QED) is 0.538. The fourth-order valence-electron chi connectivity index (χ4n) is 4.49. The molecule has 1 fully saturated rings. The third-order valence-electron chi connectivity index (χ3n) is 6.17. The first-order valence-corrected chi connectivity index (χ1v) is 11.2. The van der Waals surface area contributed by atoms with Crippen molar-refractivity contribution in [3.05, 3.63) is 89.0 Å². The normalized spacial score (nSPS) is 18.2. The van der Waals surface area contributed by atoms with E-state index in [0.29, 0.717) is 48.0 Å². The Bertz CT molecular complexity index is 1280. The standard InChI is InChI=1S/C26H23FN4O3/c1-2-31(26-28-11-5-12-29-26)18-10-13-30(16-18)24(32)21-14-17(8-9-22(21)27)15-23-19-6-3-4-7-20(19)25(33)34-23/h3-9,11-12,14-15,18H,2,10,13,16H2,1H3/b23-15-. The number of hydrogen-bond acceptors (Lipinski definition) is 6. The zero-order valence-electron chi connectivity index (χ0n) is 18.6. The van der Waals surface area contributed by atoms with E-state index >= 15 is 0 Å². The van der Waals surface area contributed by atoms with Crippen LogP contribution in [0, 0.1) is 5.82 Å². The summed E-state index contributed by atoms with van der Waals surface area (Å²) in [7, 11) is 0. The molecule has 2 aliphatic rings. The summed E-state index contributed by atoms with van der Waals surface area (Å²) >= 11 is 0. The van der Waals surface area contributed by atoms with Crippen molar-refractivity contribution in [1.29, 1.82) is 0 Å². The van der Waals surface area contributed by atoms with Crippen LogP contribution in [0.4, 0.5) is 10.3 Å². The molecule has 5 rings (SSSR count). The number of esters is 1. The Balaban J connectivity index is 1.36. The number of fused-ring (bicyclic) bond motifs is 1. The first-order chi connectivity index (χ1) is 16.5. The number of carbonyl (C=O) groups is 2. The van der Waals surface area contributed by atoms with Gasteiger partial charge in [0.15, 0.2) is 0 Å². The van der Waals surface area contributed by atoms with Gasteiger partial charge in [-0.25, -0.2) is 19.2 Å². The number of aromatic nitrogens is 2. The molecule has 3 heterocycles. The number of anilines is 1. The van der Waals surface area contributed by atoms with Gasteiger partial charge in [0.1, 0.15) is 11.6 Å². The number of rotatable bonds is 5. The van der Waals surface area contributed by atoms with Gasteiger partial charge in [-0.3, -0.25) is 4.79 Å². The third kappa shape index (κ3) is 4.03. The molecule has 0 radical (unpaired) electrons. The van der Waals surface area contributed by atoms with Gasteiger partial charge in [0.2, 0.25) is 5.95 Å². The Morgan fingerprint density at radius 2 is 1.94 bits per heavy atom. The van der Waals surface area contributed by atoms with Crippen LogP contribution in [0.2, 0.25) is 0 Å². The number of carbonyl (C=O) groups excluding carboxylic acids is 2. The van der Waals surface area contributed by atoms with Gasteiger partial charge in [-0.05, 0) is 49.2 Å². The topological polar surface area (TPSA) is 75.6 Å². The lowest BCUT2D eigenvalue weighted by atomic mass is 10.0. The molecule has 0 bridgehead atoms. The number of halogens is 1. The molecule has 172 valence electrons. The lowest BCUT2D eigenvalue weighted by Crippen LogP contribution is -2.40. The highest BCUT2D eigenvalue weighted by molar-refractivity contribution is 6.05. The van der Waals surface area contributed by atoms with Crippen LogP contribution in [-0.2, 0) is 4.74 Å². The fourth-order valence-corrected chi connectivity index (χ4v) is 4.49. The van der Waals surface area contributed by atoms with Gasteiger partial charge in [0.05, 0.1) is 17.2 Å². The van der Waals surface area contributed by atoms with Crippen molar-refractivity contribution >= 4 is 29.7 Å². The van der Waals surface area contributed by atoms with Gasteiger partial charge in [-0.15, -0.1) is 0 Å². The molecule has 2 aliphatic heterocycles. The molecule has 0 saturated carbocycles. The molecule has 0 N–H and O–H groups in total. The second-order valence-corrected chi connectivity index (χ2v) is 8.21. The molecule has 8 heteroatoms. The monoisotopic (exact) mass is 458 g/mol. The van der Waals surface area contributed by atoms with Crippen molar-refractivity contribution < 1.29 is 18.7 Å². The van der Waals surface area contributed by atoms with Gasteiger partial charge in [-0.2, -0.15) is 0 Å². The molecule has 2 aromatic carbocycles. The molecule has 1 aromatic heterocycles. The number of likely N-dealkylation sites (tertiary alicyclic amines) is 1. The maximum absolute atomic E-state index is 14.7. The van der Waals surface area contributed by atoms with Crippen molar-refractivity contribution in [2.24, 2.45) is 0 Å². The molecular weight excluding hydrogens is 435 g/mol. The second-order valence-electron chi connectivity index (χ2n) is 8.21. The highest BCUT2D eigenvalue weighted by Gasteiger charge is 2.32. The Labute approximate surface area is 196 Å². The number of likely N-dealkylation sites (N-methyl/N-ethyl adjacent to an activating group) is 1. The Kier molecular flexibility index (Phi) is 5.79. The lowest BCUT2D eigenvalue weighted by Gasteiger charge is -2.27. The molecular formula is C26H23FN4O3. The number of hydrogen-bond donors (Lipinski definition) is 0. The summed E-state index contributed by atoms with van der Waals surface area (Å²) in [5.41, 5.74) is 1.73. The van der Waals surface area contributed by atoms with E-state index in [9.17, 15) is 14.0 Å². The van der Waals surface area contributed by atoms with Crippen molar-refractivity contribution in [1.82, 2.24) is 14.9 Å². The average molecular weight is 458 g/mol. The van der Waals surface area contributed by atoms with Gasteiger partial charge in [-0.1, -0.05) is 24.3 Å². The summed E-state index contributed by atoms with van der Waals surface area (Å²) in [5, 5.41) is 0. The summed E-state index contributed by atoms with van der Waals surface area (Å²) in [5.74, 6) is -0.373. The van der Waals surface area contributed by atoms with Gasteiger partial charge in [0.25, 0.3) is 5.91 Å². The van der Waals surface area contributed by atoms with Crippen LogP contribution >= 0.6 is 0 Å². The summed E-state index contributed by atoms with van der Waals surface area (Å²) in [6.45, 7) is 3.70. The van der Waals surface area contributed by atoms with Crippen LogP contribution < -0.4 is 4.90 Å². The minimum Gasteiger partial charge on any atom is -0.422 e. The van der Waals surface area contributed by atoms with Crippen LogP contribution in [0.3, 0.4) is 0 Å². The molecule has 1 amide bonds. The van der Waals surface area contributed by atoms with E-state index in [1.165, 1.54) is 12.1 Å². The second kappa shape index (κ2) is 9.05. The zero-order valence-corrected chi connectivity index (χ0v) is 18.6. The smallest absolute Gasteiger partial charge is 0.344 e. The number of ether oxygens (including phenoxy) is 1. The Morgan fingerprint density at radius 3 is 2.71 bits per heavy atom. The van der Waals surface area contributed by atoms with E-state index in [-0.39, 0.29) is 17.5 Å². The van der Waals surface area contributed by atoms with E-state index in [1.807, 2.05) is 13.0 Å². The molecule has 34 heavy (non-hydrogen) atoms. The van der Waals surface area contributed by atoms with Crippen molar-refractivity contribution in [2.75, 3.05) is 24.5 Å². The van der Waals surface area contributed by atoms with Crippen LogP contribution in [0.15, 0.2) is 60.9 Å².